The summed E-state index contributed by atoms with van der Waals surface area (Å²) in [4.78, 5) is 26.7. The lowest BCUT2D eigenvalue weighted by Crippen LogP contribution is -2.15. The first-order chi connectivity index (χ1) is 12.1. The van der Waals surface area contributed by atoms with E-state index in [0.29, 0.717) is 12.2 Å². The number of hydrogen-bond acceptors (Lipinski definition) is 6. The molecule has 128 valence electrons. The summed E-state index contributed by atoms with van der Waals surface area (Å²) in [6.45, 7) is 4.68. The fourth-order valence-electron chi connectivity index (χ4n) is 2.52. The molecule has 0 unspecified atom stereocenters. The summed E-state index contributed by atoms with van der Waals surface area (Å²) in [6.07, 6.45) is 4.81. The van der Waals surface area contributed by atoms with Crippen LogP contribution in [0.3, 0.4) is 0 Å². The summed E-state index contributed by atoms with van der Waals surface area (Å²) in [6, 6.07) is 8.19. The van der Waals surface area contributed by atoms with Crippen LogP contribution in [0.4, 0.5) is 11.6 Å². The average Bonchev–Trinajstić information content (AvgIpc) is 2.61. The predicted octanol–water partition coefficient (Wildman–Crippen LogP) is 2.72. The number of nitrogens with zero attached hydrogens (tertiary/aromatic N) is 3. The first-order valence-electron chi connectivity index (χ1n) is 8.09. The van der Waals surface area contributed by atoms with Gasteiger partial charge >= 0.3 is 0 Å². The summed E-state index contributed by atoms with van der Waals surface area (Å²) in [7, 11) is 0. The SMILES string of the molecule is CC/C=C(/C)c1ccc(NCc2cnc3nc(N)[nH]c(=O)c3n2)cc1. The quantitative estimate of drug-likeness (QED) is 0.661. The topological polar surface area (TPSA) is 110 Å². The molecular formula is C18H20N6O. The normalized spacial score (nSPS) is 11.7. The minimum Gasteiger partial charge on any atom is -0.379 e. The number of nitrogens with one attached hydrogen (secondary N) is 2. The molecule has 0 spiro atoms. The fourth-order valence-corrected chi connectivity index (χ4v) is 2.52. The molecule has 0 fully saturated rings. The smallest absolute Gasteiger partial charge is 0.280 e. The zero-order valence-corrected chi connectivity index (χ0v) is 14.2. The number of benzene rings is 1. The van der Waals surface area contributed by atoms with Gasteiger partial charge in [-0.05, 0) is 36.6 Å². The lowest BCUT2D eigenvalue weighted by atomic mass is 10.1. The Hall–Kier alpha value is -3.22. The van der Waals surface area contributed by atoms with Crippen LogP contribution in [0.25, 0.3) is 16.7 Å². The Balaban J connectivity index is 1.74. The van der Waals surface area contributed by atoms with Gasteiger partial charge in [-0.2, -0.15) is 4.98 Å². The summed E-state index contributed by atoms with van der Waals surface area (Å²) < 4.78 is 0. The summed E-state index contributed by atoms with van der Waals surface area (Å²) in [5.74, 6) is 0.0326. The van der Waals surface area contributed by atoms with Crippen molar-refractivity contribution in [3.8, 4) is 0 Å². The van der Waals surface area contributed by atoms with Gasteiger partial charge in [-0.15, -0.1) is 0 Å². The van der Waals surface area contributed by atoms with E-state index >= 15 is 0 Å². The number of hydrogen-bond donors (Lipinski definition) is 3. The zero-order valence-electron chi connectivity index (χ0n) is 14.2. The van der Waals surface area contributed by atoms with Crippen LogP contribution in [0.1, 0.15) is 31.5 Å². The molecular weight excluding hydrogens is 316 g/mol. The Kier molecular flexibility index (Phi) is 4.74. The van der Waals surface area contributed by atoms with Crippen LogP contribution in [0.15, 0.2) is 41.3 Å². The summed E-state index contributed by atoms with van der Waals surface area (Å²) in [5, 5.41) is 3.28. The minimum absolute atomic E-state index is 0.0326. The van der Waals surface area contributed by atoms with Crippen LogP contribution >= 0.6 is 0 Å². The molecule has 0 bridgehead atoms. The number of fused-ring (bicyclic) bond motifs is 1. The first-order valence-corrected chi connectivity index (χ1v) is 8.09. The van der Waals surface area contributed by atoms with Gasteiger partial charge in [0.25, 0.3) is 5.56 Å². The second-order valence-electron chi connectivity index (χ2n) is 5.71. The monoisotopic (exact) mass is 336 g/mol. The predicted molar refractivity (Wildman–Crippen MR) is 100 cm³/mol. The number of aromatic amines is 1. The standard InChI is InChI=1S/C18H20N6O/c1-3-4-11(2)12-5-7-13(8-6-12)20-9-14-10-21-16-15(22-14)17(25)24-18(19)23-16/h4-8,10,20H,3,9H2,1-2H3,(H3,19,21,23,24,25)/b11-4-. The largest absolute Gasteiger partial charge is 0.379 e. The van der Waals surface area contributed by atoms with Crippen molar-refractivity contribution in [2.45, 2.75) is 26.8 Å². The van der Waals surface area contributed by atoms with E-state index in [2.05, 4.69) is 57.3 Å². The zero-order chi connectivity index (χ0) is 17.8. The molecule has 0 atom stereocenters. The van der Waals surface area contributed by atoms with E-state index in [9.17, 15) is 4.79 Å². The molecule has 0 saturated heterocycles. The average molecular weight is 336 g/mol. The lowest BCUT2D eigenvalue weighted by Gasteiger charge is -2.08. The maximum atomic E-state index is 11.9. The van der Waals surface area contributed by atoms with E-state index in [-0.39, 0.29) is 22.7 Å². The maximum Gasteiger partial charge on any atom is 0.280 e. The highest BCUT2D eigenvalue weighted by Crippen LogP contribution is 2.18. The summed E-state index contributed by atoms with van der Waals surface area (Å²) in [5.41, 5.74) is 9.62. The third-order valence-electron chi connectivity index (χ3n) is 3.81. The van der Waals surface area contributed by atoms with Crippen LogP contribution in [0, 0.1) is 0 Å². The molecule has 0 saturated carbocycles. The third kappa shape index (κ3) is 3.82. The first kappa shape index (κ1) is 16.6. The van der Waals surface area contributed by atoms with Crippen molar-refractivity contribution in [1.29, 1.82) is 0 Å². The van der Waals surface area contributed by atoms with Crippen molar-refractivity contribution < 1.29 is 0 Å². The van der Waals surface area contributed by atoms with Gasteiger partial charge in [-0.3, -0.25) is 9.78 Å². The molecule has 7 nitrogen and oxygen atoms in total. The molecule has 7 heteroatoms. The van der Waals surface area contributed by atoms with Gasteiger partial charge in [0.1, 0.15) is 0 Å². The lowest BCUT2D eigenvalue weighted by molar-refractivity contribution is 1.02. The Morgan fingerprint density at radius 1 is 1.28 bits per heavy atom. The number of nitrogens with two attached hydrogens (primary N) is 1. The highest BCUT2D eigenvalue weighted by Gasteiger charge is 2.06. The van der Waals surface area contributed by atoms with Crippen LogP contribution in [0.2, 0.25) is 0 Å². The number of rotatable bonds is 5. The van der Waals surface area contributed by atoms with E-state index < -0.39 is 0 Å². The van der Waals surface area contributed by atoms with Gasteiger partial charge in [0.05, 0.1) is 18.4 Å². The molecule has 2 heterocycles. The van der Waals surface area contributed by atoms with Crippen molar-refractivity contribution in [2.24, 2.45) is 0 Å². The third-order valence-corrected chi connectivity index (χ3v) is 3.81. The van der Waals surface area contributed by atoms with Crippen molar-refractivity contribution >= 4 is 28.4 Å². The Labute approximate surface area is 145 Å². The molecule has 0 aliphatic carbocycles. The van der Waals surface area contributed by atoms with Gasteiger partial charge in [0, 0.05) is 5.69 Å². The molecule has 0 aliphatic heterocycles. The highest BCUT2D eigenvalue weighted by atomic mass is 16.1. The Morgan fingerprint density at radius 3 is 2.76 bits per heavy atom. The molecule has 0 radical (unpaired) electrons. The maximum absolute atomic E-state index is 11.9. The van der Waals surface area contributed by atoms with Crippen LogP contribution < -0.4 is 16.6 Å². The van der Waals surface area contributed by atoms with E-state index in [1.807, 2.05) is 12.1 Å². The molecule has 3 rings (SSSR count). The van der Waals surface area contributed by atoms with Gasteiger partial charge in [-0.25, -0.2) is 9.97 Å². The number of allylic oxidation sites excluding steroid dienone is 2. The van der Waals surface area contributed by atoms with Crippen LogP contribution in [-0.4, -0.2) is 19.9 Å². The molecule has 0 amide bonds. The van der Waals surface area contributed by atoms with Gasteiger partial charge in [0.2, 0.25) is 5.95 Å². The number of aromatic nitrogens is 4. The van der Waals surface area contributed by atoms with E-state index in [4.69, 9.17) is 5.73 Å². The second-order valence-corrected chi connectivity index (χ2v) is 5.71. The minimum atomic E-state index is -0.389. The second kappa shape index (κ2) is 7.12. The van der Waals surface area contributed by atoms with E-state index in [1.165, 1.54) is 11.1 Å². The molecule has 3 aromatic rings. The van der Waals surface area contributed by atoms with Gasteiger partial charge in [0.15, 0.2) is 11.2 Å². The Morgan fingerprint density at radius 2 is 2.04 bits per heavy atom. The van der Waals surface area contributed by atoms with E-state index in [0.717, 1.165) is 12.1 Å². The fraction of sp³-hybridized carbons (Fsp3) is 0.222. The van der Waals surface area contributed by atoms with Crippen molar-refractivity contribution in [2.75, 3.05) is 11.1 Å². The van der Waals surface area contributed by atoms with Crippen molar-refractivity contribution in [1.82, 2.24) is 19.9 Å². The molecule has 0 aliphatic rings. The highest BCUT2D eigenvalue weighted by molar-refractivity contribution is 5.69. The van der Waals surface area contributed by atoms with Crippen molar-refractivity contribution in [3.05, 3.63) is 58.1 Å². The Bertz CT molecular complexity index is 975. The molecule has 1 aromatic carbocycles. The van der Waals surface area contributed by atoms with Crippen LogP contribution in [-0.2, 0) is 6.54 Å². The molecule has 4 N–H and O–H groups in total. The van der Waals surface area contributed by atoms with Crippen molar-refractivity contribution in [3.63, 3.8) is 0 Å². The number of H-pyrrole nitrogens is 1. The summed E-state index contributed by atoms with van der Waals surface area (Å²) >= 11 is 0. The molecule has 25 heavy (non-hydrogen) atoms. The number of anilines is 2. The number of nitrogen functional groups attached to an aromatic ring is 1. The van der Waals surface area contributed by atoms with Crippen LogP contribution in [0.5, 0.6) is 0 Å². The molecule has 2 aromatic heterocycles. The van der Waals surface area contributed by atoms with E-state index in [1.54, 1.807) is 6.20 Å². The van der Waals surface area contributed by atoms with Gasteiger partial charge in [-0.1, -0.05) is 25.1 Å². The van der Waals surface area contributed by atoms with Gasteiger partial charge < -0.3 is 11.1 Å².